The van der Waals surface area contributed by atoms with Gasteiger partial charge in [0.1, 0.15) is 0 Å². The second-order valence-electron chi connectivity index (χ2n) is 9.16. The van der Waals surface area contributed by atoms with Crippen LogP contribution in [0.25, 0.3) is 0 Å². The summed E-state index contributed by atoms with van der Waals surface area (Å²) in [6.07, 6.45) is 1.87. The Labute approximate surface area is 200 Å². The zero-order valence-corrected chi connectivity index (χ0v) is 20.6. The summed E-state index contributed by atoms with van der Waals surface area (Å²) in [7, 11) is -3.73. The molecular formula is C25H31N3O5S. The molecule has 182 valence electrons. The summed E-state index contributed by atoms with van der Waals surface area (Å²) in [6, 6.07) is 10.4. The van der Waals surface area contributed by atoms with Crippen molar-refractivity contribution in [2.75, 3.05) is 48.8 Å². The molecule has 34 heavy (non-hydrogen) atoms. The summed E-state index contributed by atoms with van der Waals surface area (Å²) in [4.78, 5) is 31.0. The first-order valence-electron chi connectivity index (χ1n) is 11.5. The maximum absolute atomic E-state index is 13.4. The molecule has 0 saturated carbocycles. The molecule has 2 aromatic carbocycles. The Kier molecular flexibility index (Phi) is 6.69. The summed E-state index contributed by atoms with van der Waals surface area (Å²) < 4.78 is 25.2. The van der Waals surface area contributed by atoms with E-state index in [4.69, 9.17) is 0 Å². The molecule has 2 amide bonds. The van der Waals surface area contributed by atoms with Crippen LogP contribution in [0.4, 0.5) is 11.4 Å². The van der Waals surface area contributed by atoms with Crippen molar-refractivity contribution in [2.24, 2.45) is 0 Å². The first-order chi connectivity index (χ1) is 16.1. The first kappa shape index (κ1) is 24.2. The van der Waals surface area contributed by atoms with Crippen LogP contribution in [-0.2, 0) is 14.6 Å². The van der Waals surface area contributed by atoms with Gasteiger partial charge in [-0.1, -0.05) is 17.7 Å². The minimum Gasteiger partial charge on any atom is -0.394 e. The Morgan fingerprint density at radius 1 is 1.06 bits per heavy atom. The Hall–Kier alpha value is -2.91. The van der Waals surface area contributed by atoms with Crippen LogP contribution >= 0.6 is 0 Å². The van der Waals surface area contributed by atoms with Gasteiger partial charge >= 0.3 is 0 Å². The van der Waals surface area contributed by atoms with Crippen LogP contribution in [0.1, 0.15) is 34.3 Å². The minimum atomic E-state index is -3.73. The van der Waals surface area contributed by atoms with Crippen molar-refractivity contribution in [2.45, 2.75) is 37.6 Å². The van der Waals surface area contributed by atoms with Gasteiger partial charge in [0.2, 0.25) is 5.91 Å². The molecule has 9 heteroatoms. The highest BCUT2D eigenvalue weighted by Gasteiger charge is 2.33. The van der Waals surface area contributed by atoms with E-state index in [2.05, 4.69) is 36.9 Å². The lowest BCUT2D eigenvalue weighted by Crippen LogP contribution is -2.49. The molecule has 8 nitrogen and oxygen atoms in total. The summed E-state index contributed by atoms with van der Waals surface area (Å²) >= 11 is 0. The number of sulfone groups is 1. The lowest BCUT2D eigenvalue weighted by molar-refractivity contribution is -0.117. The average Bonchev–Trinajstić information content (AvgIpc) is 3.18. The standard InChI is InChI=1S/C25H31N3O5S/c1-17-4-8-22(18(2)14-17)26-10-12-27(13-11-26)25(31)21-7-5-19(15-23(21)34(3,32)33)28-20(16-29)6-9-24(28)30/h4-5,7-8,14-15,20,29H,6,9-13,16H2,1-3H3/t20-/m0/s1. The monoisotopic (exact) mass is 485 g/mol. The van der Waals surface area contributed by atoms with Gasteiger partial charge in [-0.05, 0) is 50.1 Å². The van der Waals surface area contributed by atoms with Crippen molar-refractivity contribution in [3.05, 3.63) is 53.1 Å². The molecule has 0 aliphatic carbocycles. The normalized spacial score (nSPS) is 19.1. The number of nitrogens with zero attached hydrogens (tertiary/aromatic N) is 3. The fourth-order valence-corrected chi connectivity index (χ4v) is 5.79. The van der Waals surface area contributed by atoms with E-state index < -0.39 is 9.84 Å². The van der Waals surface area contributed by atoms with E-state index in [-0.39, 0.29) is 34.9 Å². The Morgan fingerprint density at radius 2 is 1.76 bits per heavy atom. The van der Waals surface area contributed by atoms with Crippen molar-refractivity contribution in [1.29, 1.82) is 0 Å². The van der Waals surface area contributed by atoms with Crippen LogP contribution in [0.2, 0.25) is 0 Å². The second kappa shape index (κ2) is 9.38. The smallest absolute Gasteiger partial charge is 0.255 e. The van der Waals surface area contributed by atoms with Gasteiger partial charge in [0, 0.05) is 50.2 Å². The van der Waals surface area contributed by atoms with Crippen molar-refractivity contribution >= 4 is 33.0 Å². The predicted octanol–water partition coefficient (Wildman–Crippen LogP) is 2.16. The third-order valence-corrected chi connectivity index (χ3v) is 7.81. The lowest BCUT2D eigenvalue weighted by Gasteiger charge is -2.37. The molecule has 0 aromatic heterocycles. The summed E-state index contributed by atoms with van der Waals surface area (Å²) in [5.74, 6) is -0.501. The van der Waals surface area contributed by atoms with E-state index in [0.717, 1.165) is 11.9 Å². The van der Waals surface area contributed by atoms with Crippen molar-refractivity contribution < 1.29 is 23.1 Å². The lowest BCUT2D eigenvalue weighted by atomic mass is 10.1. The average molecular weight is 486 g/mol. The van der Waals surface area contributed by atoms with Crippen LogP contribution in [0.3, 0.4) is 0 Å². The molecule has 0 radical (unpaired) electrons. The number of anilines is 2. The van der Waals surface area contributed by atoms with Gasteiger partial charge in [-0.25, -0.2) is 8.42 Å². The molecule has 4 rings (SSSR count). The van der Waals surface area contributed by atoms with Gasteiger partial charge in [0.25, 0.3) is 5.91 Å². The fourth-order valence-electron chi connectivity index (χ4n) is 4.90. The molecule has 1 N–H and O–H groups in total. The number of amides is 2. The largest absolute Gasteiger partial charge is 0.394 e. The topological polar surface area (TPSA) is 98.2 Å². The van der Waals surface area contributed by atoms with Crippen LogP contribution in [-0.4, -0.2) is 75.3 Å². The molecule has 2 heterocycles. The summed E-state index contributed by atoms with van der Waals surface area (Å²) in [5, 5.41) is 9.62. The zero-order valence-electron chi connectivity index (χ0n) is 19.8. The first-order valence-corrected chi connectivity index (χ1v) is 13.4. The van der Waals surface area contributed by atoms with Gasteiger partial charge in [0.15, 0.2) is 9.84 Å². The van der Waals surface area contributed by atoms with Gasteiger partial charge < -0.3 is 19.8 Å². The van der Waals surface area contributed by atoms with Gasteiger partial charge in [0.05, 0.1) is 23.1 Å². The summed E-state index contributed by atoms with van der Waals surface area (Å²) in [6.45, 7) is 6.20. The predicted molar refractivity (Wildman–Crippen MR) is 131 cm³/mol. The molecule has 2 aliphatic heterocycles. The summed E-state index contributed by atoms with van der Waals surface area (Å²) in [5.41, 5.74) is 4.03. The van der Waals surface area contributed by atoms with E-state index in [1.807, 2.05) is 0 Å². The number of aliphatic hydroxyl groups is 1. The number of aliphatic hydroxyl groups excluding tert-OH is 1. The fraction of sp³-hybridized carbons (Fsp3) is 0.440. The maximum atomic E-state index is 13.4. The van der Waals surface area contributed by atoms with E-state index in [0.29, 0.717) is 44.7 Å². The van der Waals surface area contributed by atoms with Gasteiger partial charge in [-0.3, -0.25) is 9.59 Å². The zero-order chi connectivity index (χ0) is 24.6. The minimum absolute atomic E-state index is 0.0943. The third-order valence-electron chi connectivity index (χ3n) is 6.67. The highest BCUT2D eigenvalue weighted by molar-refractivity contribution is 7.90. The molecule has 0 bridgehead atoms. The third kappa shape index (κ3) is 4.67. The quantitative estimate of drug-likeness (QED) is 0.697. The molecule has 2 saturated heterocycles. The number of piperazine rings is 1. The number of hydrogen-bond acceptors (Lipinski definition) is 6. The van der Waals surface area contributed by atoms with Crippen LogP contribution < -0.4 is 9.80 Å². The van der Waals surface area contributed by atoms with E-state index >= 15 is 0 Å². The maximum Gasteiger partial charge on any atom is 0.255 e. The molecular weight excluding hydrogens is 454 g/mol. The van der Waals surface area contributed by atoms with Crippen LogP contribution in [0.5, 0.6) is 0 Å². The molecule has 1 atom stereocenters. The number of carbonyl (C=O) groups is 2. The molecule has 2 aliphatic rings. The number of rotatable bonds is 5. The molecule has 0 spiro atoms. The van der Waals surface area contributed by atoms with Gasteiger partial charge in [-0.2, -0.15) is 0 Å². The van der Waals surface area contributed by atoms with Crippen LogP contribution in [0.15, 0.2) is 41.3 Å². The van der Waals surface area contributed by atoms with E-state index in [9.17, 15) is 23.1 Å². The highest BCUT2D eigenvalue weighted by Crippen LogP contribution is 2.31. The molecule has 2 fully saturated rings. The Balaban J connectivity index is 1.57. The van der Waals surface area contributed by atoms with Crippen molar-refractivity contribution in [3.63, 3.8) is 0 Å². The van der Waals surface area contributed by atoms with E-state index in [1.54, 1.807) is 11.0 Å². The Morgan fingerprint density at radius 3 is 2.38 bits per heavy atom. The SMILES string of the molecule is Cc1ccc(N2CCN(C(=O)c3ccc(N4C(=O)CC[C@H]4CO)cc3S(C)(=O)=O)CC2)c(C)c1. The molecule has 2 aromatic rings. The number of benzene rings is 2. The Bertz CT molecular complexity index is 1220. The van der Waals surface area contributed by atoms with Gasteiger partial charge in [-0.15, -0.1) is 0 Å². The highest BCUT2D eigenvalue weighted by atomic mass is 32.2. The second-order valence-corrected chi connectivity index (χ2v) is 11.1. The van der Waals surface area contributed by atoms with Crippen molar-refractivity contribution in [3.8, 4) is 0 Å². The van der Waals surface area contributed by atoms with Crippen LogP contribution in [0, 0.1) is 13.8 Å². The van der Waals surface area contributed by atoms with Crippen molar-refractivity contribution in [1.82, 2.24) is 4.90 Å². The number of aryl methyl sites for hydroxylation is 2. The number of hydrogen-bond donors (Lipinski definition) is 1. The van der Waals surface area contributed by atoms with E-state index in [1.165, 1.54) is 28.2 Å². The molecule has 0 unspecified atom stereocenters. The number of carbonyl (C=O) groups excluding carboxylic acids is 2.